The summed E-state index contributed by atoms with van der Waals surface area (Å²) in [5.41, 5.74) is 0.925. The zero-order valence-electron chi connectivity index (χ0n) is 8.01. The smallest absolute Gasteiger partial charge is 0.179 e. The summed E-state index contributed by atoms with van der Waals surface area (Å²) in [4.78, 5) is 0. The normalized spacial score (nSPS) is 10.2. The van der Waals surface area contributed by atoms with Gasteiger partial charge in [0.25, 0.3) is 0 Å². The summed E-state index contributed by atoms with van der Waals surface area (Å²) in [7, 11) is 0. The van der Waals surface area contributed by atoms with E-state index >= 15 is 0 Å². The van der Waals surface area contributed by atoms with E-state index < -0.39 is 0 Å². The largest absolute Gasteiger partial charge is 0.349 e. The van der Waals surface area contributed by atoms with Crippen LogP contribution in [0.15, 0.2) is 24.8 Å². The van der Waals surface area contributed by atoms with Gasteiger partial charge in [0.05, 0.1) is 0 Å². The maximum atomic E-state index is 5.33. The second kappa shape index (κ2) is 7.07. The lowest BCUT2D eigenvalue weighted by Crippen LogP contribution is -2.19. The van der Waals surface area contributed by atoms with Gasteiger partial charge in [-0.15, -0.1) is 6.58 Å². The number of allylic oxidation sites excluding steroid dienone is 1. The van der Waals surface area contributed by atoms with Crippen molar-refractivity contribution in [3.05, 3.63) is 24.8 Å². The highest BCUT2D eigenvalue weighted by Crippen LogP contribution is 2.10. The van der Waals surface area contributed by atoms with Gasteiger partial charge >= 0.3 is 0 Å². The van der Waals surface area contributed by atoms with Crippen molar-refractivity contribution in [3.8, 4) is 0 Å². The fourth-order valence-electron chi connectivity index (χ4n) is 0.868. The number of hydrogen-bond donors (Lipinski definition) is 0. The molecule has 0 aromatic rings. The molecule has 12 heavy (non-hydrogen) atoms. The first kappa shape index (κ1) is 11.4. The van der Waals surface area contributed by atoms with Crippen molar-refractivity contribution in [2.75, 3.05) is 13.2 Å². The maximum Gasteiger partial charge on any atom is 0.179 e. The zero-order valence-corrected chi connectivity index (χ0v) is 8.01. The maximum absolute atomic E-state index is 5.33. The lowest BCUT2D eigenvalue weighted by molar-refractivity contribution is -0.111. The fourth-order valence-corrected chi connectivity index (χ4v) is 0.868. The molecule has 0 amide bonds. The van der Waals surface area contributed by atoms with Crippen LogP contribution in [-0.4, -0.2) is 19.5 Å². The second-order valence-electron chi connectivity index (χ2n) is 2.39. The van der Waals surface area contributed by atoms with E-state index in [0.29, 0.717) is 13.2 Å². The van der Waals surface area contributed by atoms with Crippen molar-refractivity contribution in [3.63, 3.8) is 0 Å². The van der Waals surface area contributed by atoms with Crippen molar-refractivity contribution < 1.29 is 9.47 Å². The predicted octanol–water partition coefficient (Wildman–Crippen LogP) is 2.52. The Labute approximate surface area is 74.9 Å². The topological polar surface area (TPSA) is 18.5 Å². The van der Waals surface area contributed by atoms with Gasteiger partial charge in [-0.05, 0) is 25.8 Å². The van der Waals surface area contributed by atoms with Crippen LogP contribution in [0.25, 0.3) is 0 Å². The van der Waals surface area contributed by atoms with E-state index in [4.69, 9.17) is 9.47 Å². The molecule has 0 aromatic heterocycles. The lowest BCUT2D eigenvalue weighted by Gasteiger charge is -2.18. The number of hydrogen-bond acceptors (Lipinski definition) is 2. The SMILES string of the molecule is C=CCC(=C)C(OCC)OCC. The van der Waals surface area contributed by atoms with Crippen LogP contribution < -0.4 is 0 Å². The summed E-state index contributed by atoms with van der Waals surface area (Å²) >= 11 is 0. The fraction of sp³-hybridized carbons (Fsp3) is 0.600. The molecule has 0 aromatic carbocycles. The van der Waals surface area contributed by atoms with Crippen LogP contribution in [0.5, 0.6) is 0 Å². The summed E-state index contributed by atoms with van der Waals surface area (Å²) < 4.78 is 10.7. The van der Waals surface area contributed by atoms with E-state index in [9.17, 15) is 0 Å². The van der Waals surface area contributed by atoms with Crippen molar-refractivity contribution >= 4 is 0 Å². The van der Waals surface area contributed by atoms with Crippen LogP contribution in [0.1, 0.15) is 20.3 Å². The van der Waals surface area contributed by atoms with Gasteiger partial charge in [-0.2, -0.15) is 0 Å². The van der Waals surface area contributed by atoms with E-state index in [-0.39, 0.29) is 6.29 Å². The Morgan fingerprint density at radius 3 is 2.17 bits per heavy atom. The zero-order chi connectivity index (χ0) is 9.40. The molecule has 2 nitrogen and oxygen atoms in total. The molecule has 0 radical (unpaired) electrons. The molecule has 0 atom stereocenters. The number of ether oxygens (including phenoxy) is 2. The summed E-state index contributed by atoms with van der Waals surface area (Å²) in [6.07, 6.45) is 2.27. The predicted molar refractivity (Wildman–Crippen MR) is 51.0 cm³/mol. The highest BCUT2D eigenvalue weighted by Gasteiger charge is 2.10. The van der Waals surface area contributed by atoms with Crippen LogP contribution in [-0.2, 0) is 9.47 Å². The van der Waals surface area contributed by atoms with Gasteiger partial charge in [-0.3, -0.25) is 0 Å². The highest BCUT2D eigenvalue weighted by molar-refractivity contribution is 5.03. The van der Waals surface area contributed by atoms with Crippen molar-refractivity contribution in [1.29, 1.82) is 0 Å². The first-order chi connectivity index (χ1) is 5.76. The third-order valence-electron chi connectivity index (χ3n) is 1.38. The molecule has 0 rings (SSSR count). The molecule has 0 aliphatic heterocycles. The number of rotatable bonds is 7. The molecule has 0 heterocycles. The quantitative estimate of drug-likeness (QED) is 0.432. The molecule has 0 N–H and O–H groups in total. The lowest BCUT2D eigenvalue weighted by atomic mass is 10.2. The molecule has 0 bridgehead atoms. The minimum absolute atomic E-state index is 0.266. The minimum Gasteiger partial charge on any atom is -0.349 e. The Hall–Kier alpha value is -0.600. The Balaban J connectivity index is 3.89. The summed E-state index contributed by atoms with van der Waals surface area (Å²) in [5, 5.41) is 0. The summed E-state index contributed by atoms with van der Waals surface area (Å²) in [6, 6.07) is 0. The molecule has 2 heteroatoms. The Morgan fingerprint density at radius 1 is 1.33 bits per heavy atom. The van der Waals surface area contributed by atoms with Crippen LogP contribution in [0, 0.1) is 0 Å². The molecule has 0 fully saturated rings. The highest BCUT2D eigenvalue weighted by atomic mass is 16.7. The minimum atomic E-state index is -0.266. The van der Waals surface area contributed by atoms with Gasteiger partial charge in [0, 0.05) is 13.2 Å². The molecule has 0 aliphatic rings. The van der Waals surface area contributed by atoms with Gasteiger partial charge in [-0.25, -0.2) is 0 Å². The molecule has 70 valence electrons. The molecule has 0 unspecified atom stereocenters. The van der Waals surface area contributed by atoms with Crippen molar-refractivity contribution in [2.24, 2.45) is 0 Å². The Kier molecular flexibility index (Phi) is 6.72. The van der Waals surface area contributed by atoms with Crippen LogP contribution in [0.3, 0.4) is 0 Å². The Bertz CT molecular complexity index is 135. The molecule has 0 saturated carbocycles. The van der Waals surface area contributed by atoms with E-state index in [1.807, 2.05) is 13.8 Å². The molecule has 0 saturated heterocycles. The molecular weight excluding hydrogens is 152 g/mol. The third kappa shape index (κ3) is 4.31. The van der Waals surface area contributed by atoms with Gasteiger partial charge in [0.2, 0.25) is 0 Å². The van der Waals surface area contributed by atoms with Gasteiger partial charge in [0.15, 0.2) is 6.29 Å². The average Bonchev–Trinajstić information content (AvgIpc) is 2.04. The molecular formula is C10H18O2. The van der Waals surface area contributed by atoms with Crippen LogP contribution in [0.2, 0.25) is 0 Å². The third-order valence-corrected chi connectivity index (χ3v) is 1.38. The van der Waals surface area contributed by atoms with Gasteiger partial charge in [-0.1, -0.05) is 12.7 Å². The standard InChI is InChI=1S/C10H18O2/c1-5-8-9(4)10(11-6-2)12-7-3/h5,10H,1,4,6-8H2,2-3H3. The molecule has 0 aliphatic carbocycles. The van der Waals surface area contributed by atoms with Gasteiger partial charge < -0.3 is 9.47 Å². The summed E-state index contributed by atoms with van der Waals surface area (Å²) in [5.74, 6) is 0. The first-order valence-electron chi connectivity index (χ1n) is 4.28. The van der Waals surface area contributed by atoms with Crippen LogP contribution >= 0.6 is 0 Å². The van der Waals surface area contributed by atoms with E-state index in [2.05, 4.69) is 13.2 Å². The van der Waals surface area contributed by atoms with Crippen LogP contribution in [0.4, 0.5) is 0 Å². The monoisotopic (exact) mass is 170 g/mol. The first-order valence-corrected chi connectivity index (χ1v) is 4.28. The molecule has 0 spiro atoms. The average molecular weight is 170 g/mol. The van der Waals surface area contributed by atoms with Crippen molar-refractivity contribution in [2.45, 2.75) is 26.6 Å². The van der Waals surface area contributed by atoms with E-state index in [1.54, 1.807) is 6.08 Å². The van der Waals surface area contributed by atoms with E-state index in [0.717, 1.165) is 12.0 Å². The van der Waals surface area contributed by atoms with Gasteiger partial charge in [0.1, 0.15) is 0 Å². The summed E-state index contributed by atoms with van der Waals surface area (Å²) in [6.45, 7) is 12.6. The van der Waals surface area contributed by atoms with Crippen molar-refractivity contribution in [1.82, 2.24) is 0 Å². The Morgan fingerprint density at radius 2 is 1.83 bits per heavy atom. The van der Waals surface area contributed by atoms with E-state index in [1.165, 1.54) is 0 Å². The second-order valence-corrected chi connectivity index (χ2v) is 2.39.